The van der Waals surface area contributed by atoms with Crippen LogP contribution in [0.25, 0.3) is 11.3 Å². The summed E-state index contributed by atoms with van der Waals surface area (Å²) < 4.78 is 15.9. The van der Waals surface area contributed by atoms with Gasteiger partial charge in [-0.2, -0.15) is 0 Å². The van der Waals surface area contributed by atoms with Crippen molar-refractivity contribution < 1.29 is 18.5 Å². The van der Waals surface area contributed by atoms with E-state index in [2.05, 4.69) is 10.1 Å². The van der Waals surface area contributed by atoms with Gasteiger partial charge in [-0.1, -0.05) is 5.16 Å². The fraction of sp³-hybridized carbons (Fsp3) is 0.316. The number of oxazole rings is 1. The van der Waals surface area contributed by atoms with Crippen LogP contribution in [0.1, 0.15) is 23.8 Å². The first-order valence-corrected chi connectivity index (χ1v) is 8.30. The summed E-state index contributed by atoms with van der Waals surface area (Å²) in [5, 5.41) is 3.90. The lowest BCUT2D eigenvalue weighted by atomic mass is 10.2. The van der Waals surface area contributed by atoms with E-state index in [1.54, 1.807) is 25.3 Å². The van der Waals surface area contributed by atoms with Gasteiger partial charge in [-0.15, -0.1) is 0 Å². The van der Waals surface area contributed by atoms with Crippen LogP contribution in [0, 0.1) is 6.92 Å². The highest BCUT2D eigenvalue weighted by molar-refractivity contribution is 5.76. The summed E-state index contributed by atoms with van der Waals surface area (Å²) >= 11 is 0. The molecule has 0 aliphatic rings. The second kappa shape index (κ2) is 7.86. The van der Waals surface area contributed by atoms with Crippen LogP contribution in [0.15, 0.2) is 45.5 Å². The van der Waals surface area contributed by atoms with Gasteiger partial charge < -0.3 is 18.6 Å². The van der Waals surface area contributed by atoms with Crippen LogP contribution in [0.5, 0.6) is 5.75 Å². The molecule has 3 rings (SSSR count). The molecule has 0 saturated carbocycles. The highest BCUT2D eigenvalue weighted by Crippen LogP contribution is 2.23. The Morgan fingerprint density at radius 3 is 2.69 bits per heavy atom. The number of nitrogens with zero attached hydrogens (tertiary/aromatic N) is 3. The zero-order chi connectivity index (χ0) is 18.5. The second-order valence-corrected chi connectivity index (χ2v) is 6.03. The van der Waals surface area contributed by atoms with Crippen LogP contribution >= 0.6 is 0 Å². The third kappa shape index (κ3) is 4.30. The molecule has 0 saturated heterocycles. The zero-order valence-corrected chi connectivity index (χ0v) is 15.1. The summed E-state index contributed by atoms with van der Waals surface area (Å²) in [4.78, 5) is 18.1. The topological polar surface area (TPSA) is 81.6 Å². The van der Waals surface area contributed by atoms with Crippen LogP contribution in [0.4, 0.5) is 0 Å². The average Bonchev–Trinajstić information content (AvgIpc) is 3.28. The van der Waals surface area contributed by atoms with E-state index in [9.17, 15) is 4.79 Å². The number of hydrogen-bond acceptors (Lipinski definition) is 6. The minimum absolute atomic E-state index is 0.00477. The molecule has 2 heterocycles. The van der Waals surface area contributed by atoms with Crippen molar-refractivity contribution in [1.82, 2.24) is 15.0 Å². The maximum absolute atomic E-state index is 12.3. The van der Waals surface area contributed by atoms with E-state index in [1.165, 1.54) is 0 Å². The van der Waals surface area contributed by atoms with Crippen molar-refractivity contribution in [2.45, 2.75) is 26.3 Å². The van der Waals surface area contributed by atoms with Crippen LogP contribution in [-0.2, 0) is 17.8 Å². The highest BCUT2D eigenvalue weighted by Gasteiger charge is 2.14. The molecule has 0 N–H and O–H groups in total. The minimum atomic E-state index is -0.00477. The van der Waals surface area contributed by atoms with Gasteiger partial charge in [0.15, 0.2) is 11.7 Å². The molecule has 0 unspecified atom stereocenters. The smallest absolute Gasteiger partial charge is 0.223 e. The maximum atomic E-state index is 12.3. The van der Waals surface area contributed by atoms with Gasteiger partial charge in [-0.3, -0.25) is 4.79 Å². The number of rotatable bonds is 7. The lowest BCUT2D eigenvalue weighted by Crippen LogP contribution is -2.26. The summed E-state index contributed by atoms with van der Waals surface area (Å²) in [5.41, 5.74) is 1.64. The van der Waals surface area contributed by atoms with Crippen molar-refractivity contribution >= 4 is 5.91 Å². The molecule has 7 nitrogen and oxygen atoms in total. The number of amides is 1. The molecule has 0 spiro atoms. The third-order valence-electron chi connectivity index (χ3n) is 3.98. The Labute approximate surface area is 151 Å². The van der Waals surface area contributed by atoms with Gasteiger partial charge in [-0.25, -0.2) is 4.98 Å². The Kier molecular flexibility index (Phi) is 5.36. The Morgan fingerprint density at radius 1 is 1.27 bits per heavy atom. The number of carbonyl (C=O) groups excluding carboxylic acids is 1. The fourth-order valence-corrected chi connectivity index (χ4v) is 2.54. The van der Waals surface area contributed by atoms with Crippen molar-refractivity contribution in [2.75, 3.05) is 14.2 Å². The molecule has 0 fully saturated rings. The fourth-order valence-electron chi connectivity index (χ4n) is 2.54. The van der Waals surface area contributed by atoms with Crippen LogP contribution in [0.3, 0.4) is 0 Å². The summed E-state index contributed by atoms with van der Waals surface area (Å²) in [6.45, 7) is 2.24. The van der Waals surface area contributed by atoms with E-state index in [4.69, 9.17) is 13.7 Å². The van der Waals surface area contributed by atoms with E-state index in [0.717, 1.165) is 22.8 Å². The minimum Gasteiger partial charge on any atom is -0.497 e. The molecule has 26 heavy (non-hydrogen) atoms. The van der Waals surface area contributed by atoms with E-state index >= 15 is 0 Å². The number of aryl methyl sites for hydroxylation is 2. The monoisotopic (exact) mass is 355 g/mol. The molecule has 7 heteroatoms. The van der Waals surface area contributed by atoms with Gasteiger partial charge in [0.1, 0.15) is 17.2 Å². The molecule has 0 bridgehead atoms. The molecule has 136 valence electrons. The second-order valence-electron chi connectivity index (χ2n) is 6.03. The highest BCUT2D eigenvalue weighted by atomic mass is 16.5. The van der Waals surface area contributed by atoms with Gasteiger partial charge in [-0.05, 0) is 31.2 Å². The number of aromatic nitrogens is 2. The first-order chi connectivity index (χ1) is 12.5. The largest absolute Gasteiger partial charge is 0.497 e. The standard InChI is InChI=1S/C19H21N3O4/c1-13-10-15(21-26-13)12-22(2)19(23)9-8-18-20-11-17(25-18)14-4-6-16(24-3)7-5-14/h4-7,10-11H,8-9,12H2,1-3H3. The van der Waals surface area contributed by atoms with Crippen LogP contribution < -0.4 is 4.74 Å². The zero-order valence-electron chi connectivity index (χ0n) is 15.1. The molecule has 3 aromatic rings. The van der Waals surface area contributed by atoms with Gasteiger partial charge in [0.05, 0.1) is 19.9 Å². The summed E-state index contributed by atoms with van der Waals surface area (Å²) in [6, 6.07) is 9.35. The number of ether oxygens (including phenoxy) is 1. The Morgan fingerprint density at radius 2 is 2.04 bits per heavy atom. The molecular weight excluding hydrogens is 334 g/mol. The van der Waals surface area contributed by atoms with Gasteiger partial charge in [0.2, 0.25) is 5.91 Å². The van der Waals surface area contributed by atoms with Gasteiger partial charge >= 0.3 is 0 Å². The van der Waals surface area contributed by atoms with Crippen LogP contribution in [-0.4, -0.2) is 35.1 Å². The number of methoxy groups -OCH3 is 1. The lowest BCUT2D eigenvalue weighted by molar-refractivity contribution is -0.130. The van der Waals surface area contributed by atoms with Gasteiger partial charge in [0, 0.05) is 31.5 Å². The molecule has 0 aliphatic carbocycles. The number of carbonyl (C=O) groups is 1. The number of benzene rings is 1. The van der Waals surface area contributed by atoms with Gasteiger partial charge in [0.25, 0.3) is 0 Å². The van der Waals surface area contributed by atoms with Crippen molar-refractivity contribution in [3.05, 3.63) is 53.9 Å². The van der Waals surface area contributed by atoms with Crippen molar-refractivity contribution in [3.63, 3.8) is 0 Å². The lowest BCUT2D eigenvalue weighted by Gasteiger charge is -2.14. The number of hydrogen-bond donors (Lipinski definition) is 0. The molecular formula is C19H21N3O4. The Balaban J connectivity index is 1.54. The maximum Gasteiger partial charge on any atom is 0.223 e. The first kappa shape index (κ1) is 17.7. The quantitative estimate of drug-likeness (QED) is 0.647. The molecule has 0 atom stereocenters. The van der Waals surface area contributed by atoms with E-state index in [0.29, 0.717) is 31.0 Å². The Bertz CT molecular complexity index is 867. The molecule has 1 amide bonds. The average molecular weight is 355 g/mol. The Hall–Kier alpha value is -3.09. The predicted octanol–water partition coefficient (Wildman–Crippen LogP) is 3.24. The van der Waals surface area contributed by atoms with Crippen molar-refractivity contribution in [2.24, 2.45) is 0 Å². The summed E-state index contributed by atoms with van der Waals surface area (Å²) in [6.07, 6.45) is 2.43. The van der Waals surface area contributed by atoms with Crippen molar-refractivity contribution in [1.29, 1.82) is 0 Å². The van der Waals surface area contributed by atoms with E-state index < -0.39 is 0 Å². The van der Waals surface area contributed by atoms with Crippen LogP contribution in [0.2, 0.25) is 0 Å². The summed E-state index contributed by atoms with van der Waals surface area (Å²) in [5.74, 6) is 2.71. The SMILES string of the molecule is COc1ccc(-c2cnc(CCC(=O)N(C)Cc3cc(C)on3)o2)cc1. The molecule has 1 aromatic carbocycles. The molecule has 2 aromatic heterocycles. The van der Waals surface area contributed by atoms with Crippen molar-refractivity contribution in [3.8, 4) is 17.1 Å². The first-order valence-electron chi connectivity index (χ1n) is 8.30. The summed E-state index contributed by atoms with van der Waals surface area (Å²) in [7, 11) is 3.37. The normalized spacial score (nSPS) is 10.7. The molecule has 0 aliphatic heterocycles. The van der Waals surface area contributed by atoms with E-state index in [1.807, 2.05) is 37.3 Å². The predicted molar refractivity (Wildman–Crippen MR) is 94.5 cm³/mol. The molecule has 0 radical (unpaired) electrons. The van der Waals surface area contributed by atoms with E-state index in [-0.39, 0.29) is 5.91 Å². The third-order valence-corrected chi connectivity index (χ3v) is 3.98.